The van der Waals surface area contributed by atoms with Crippen molar-refractivity contribution >= 4 is 23.9 Å². The Bertz CT molecular complexity index is 450. The number of carboxylic acid groups (broad SMARTS) is 1. The molecular weight excluding hydrogens is 192 g/mol. The van der Waals surface area contributed by atoms with E-state index in [1.54, 1.807) is 0 Å². The van der Waals surface area contributed by atoms with Crippen LogP contribution in [0.15, 0.2) is 34.9 Å². The Balaban J connectivity index is 2.35. The number of hydrogen-bond acceptors (Lipinski definition) is 3. The molecule has 4 heteroatoms. The van der Waals surface area contributed by atoms with Gasteiger partial charge in [-0.2, -0.15) is 5.10 Å². The molecule has 2 rings (SSSR count). The summed E-state index contributed by atoms with van der Waals surface area (Å²) in [5.41, 5.74) is 5.37. The fourth-order valence-corrected chi connectivity index (χ4v) is 1.42. The summed E-state index contributed by atoms with van der Waals surface area (Å²) in [4.78, 5) is 10.6. The van der Waals surface area contributed by atoms with Crippen molar-refractivity contribution in [1.29, 1.82) is 0 Å². The number of nitrogens with one attached hydrogen (secondary N) is 1. The van der Waals surface area contributed by atoms with Gasteiger partial charge in [0.05, 0.1) is 18.3 Å². The number of anilines is 1. The zero-order chi connectivity index (χ0) is 10.7. The third-order valence-electron chi connectivity index (χ3n) is 2.07. The summed E-state index contributed by atoms with van der Waals surface area (Å²) in [6, 6.07) is 7.61. The largest absolute Gasteiger partial charge is 0.481 e. The quantitative estimate of drug-likeness (QED) is 0.770. The number of carbonyl (C=O) groups is 1. The molecule has 0 atom stereocenters. The van der Waals surface area contributed by atoms with Crippen LogP contribution in [0.3, 0.4) is 0 Å². The highest BCUT2D eigenvalue weighted by Gasteiger charge is 2.06. The number of hydrazone groups is 1. The summed E-state index contributed by atoms with van der Waals surface area (Å²) in [5, 5.41) is 12.6. The number of fused-ring (bicyclic) bond motifs is 1. The minimum absolute atomic E-state index is 0.0144. The number of para-hydroxylation sites is 1. The average molecular weight is 202 g/mol. The first-order valence-electron chi connectivity index (χ1n) is 4.56. The second kappa shape index (κ2) is 3.96. The van der Waals surface area contributed by atoms with Crippen molar-refractivity contribution < 1.29 is 9.90 Å². The predicted octanol–water partition coefficient (Wildman–Crippen LogP) is 1.96. The van der Waals surface area contributed by atoms with Gasteiger partial charge in [0.2, 0.25) is 0 Å². The molecule has 1 aromatic rings. The second-order valence-electron chi connectivity index (χ2n) is 3.25. The number of nitrogens with zero attached hydrogens (tertiary/aromatic N) is 1. The van der Waals surface area contributed by atoms with Crippen LogP contribution in [-0.4, -0.2) is 17.3 Å². The van der Waals surface area contributed by atoms with Gasteiger partial charge in [-0.05, 0) is 23.3 Å². The monoisotopic (exact) mass is 202 g/mol. The van der Waals surface area contributed by atoms with Gasteiger partial charge in [0.15, 0.2) is 0 Å². The van der Waals surface area contributed by atoms with E-state index >= 15 is 0 Å². The molecule has 1 aromatic carbocycles. The molecule has 0 saturated heterocycles. The molecule has 4 nitrogen and oxygen atoms in total. The molecule has 1 heterocycles. The van der Waals surface area contributed by atoms with Crippen molar-refractivity contribution in [1.82, 2.24) is 0 Å². The maximum absolute atomic E-state index is 10.6. The van der Waals surface area contributed by atoms with Gasteiger partial charge in [0, 0.05) is 0 Å². The lowest BCUT2D eigenvalue weighted by atomic mass is 10.1. The van der Waals surface area contributed by atoms with Crippen molar-refractivity contribution in [2.75, 3.05) is 5.43 Å². The maximum atomic E-state index is 10.6. The van der Waals surface area contributed by atoms with E-state index in [0.29, 0.717) is 5.57 Å². The molecule has 0 unspecified atom stereocenters. The van der Waals surface area contributed by atoms with Gasteiger partial charge in [-0.1, -0.05) is 18.2 Å². The zero-order valence-corrected chi connectivity index (χ0v) is 7.97. The Morgan fingerprint density at radius 3 is 3.00 bits per heavy atom. The van der Waals surface area contributed by atoms with Crippen molar-refractivity contribution in [3.05, 3.63) is 35.4 Å². The first kappa shape index (κ1) is 9.45. The summed E-state index contributed by atoms with van der Waals surface area (Å²) in [6.07, 6.45) is 3.35. The molecular formula is C11H10N2O2. The highest BCUT2D eigenvalue weighted by Crippen LogP contribution is 2.21. The Morgan fingerprint density at radius 1 is 1.40 bits per heavy atom. The lowest BCUT2D eigenvalue weighted by Gasteiger charge is -2.01. The van der Waals surface area contributed by atoms with Crippen LogP contribution in [0.1, 0.15) is 12.0 Å². The molecule has 0 saturated carbocycles. The van der Waals surface area contributed by atoms with Gasteiger partial charge in [0.1, 0.15) is 0 Å². The number of rotatable bonds is 2. The Morgan fingerprint density at radius 2 is 2.20 bits per heavy atom. The van der Waals surface area contributed by atoms with Gasteiger partial charge in [-0.15, -0.1) is 0 Å². The fourth-order valence-electron chi connectivity index (χ4n) is 1.42. The number of aliphatic carboxylic acids is 1. The topological polar surface area (TPSA) is 61.7 Å². The third-order valence-corrected chi connectivity index (χ3v) is 2.07. The molecule has 0 spiro atoms. The zero-order valence-electron chi connectivity index (χ0n) is 7.97. The summed E-state index contributed by atoms with van der Waals surface area (Å²) in [7, 11) is 0. The molecule has 0 aliphatic carbocycles. The van der Waals surface area contributed by atoms with E-state index in [2.05, 4.69) is 10.5 Å². The van der Waals surface area contributed by atoms with E-state index in [9.17, 15) is 4.79 Å². The van der Waals surface area contributed by atoms with Gasteiger partial charge in [-0.3, -0.25) is 10.2 Å². The molecule has 76 valence electrons. The Hall–Kier alpha value is -2.10. The van der Waals surface area contributed by atoms with E-state index in [1.165, 1.54) is 6.21 Å². The lowest BCUT2D eigenvalue weighted by Crippen LogP contribution is -1.97. The maximum Gasteiger partial charge on any atom is 0.307 e. The van der Waals surface area contributed by atoms with Crippen LogP contribution in [0, 0.1) is 0 Å². The minimum atomic E-state index is -0.855. The van der Waals surface area contributed by atoms with E-state index in [-0.39, 0.29) is 6.42 Å². The molecule has 1 aliphatic rings. The van der Waals surface area contributed by atoms with Crippen LogP contribution in [0.4, 0.5) is 5.69 Å². The highest BCUT2D eigenvalue weighted by molar-refractivity contribution is 5.94. The van der Waals surface area contributed by atoms with Crippen LogP contribution < -0.4 is 5.43 Å². The summed E-state index contributed by atoms with van der Waals surface area (Å²) in [6.45, 7) is 0. The van der Waals surface area contributed by atoms with Crippen LogP contribution in [-0.2, 0) is 4.79 Å². The first-order chi connectivity index (χ1) is 7.25. The van der Waals surface area contributed by atoms with Crippen molar-refractivity contribution in [2.24, 2.45) is 5.10 Å². The Kier molecular flexibility index (Phi) is 2.49. The minimum Gasteiger partial charge on any atom is -0.481 e. The van der Waals surface area contributed by atoms with Gasteiger partial charge >= 0.3 is 5.97 Å². The van der Waals surface area contributed by atoms with Gasteiger partial charge in [-0.25, -0.2) is 0 Å². The van der Waals surface area contributed by atoms with Crippen LogP contribution in [0.25, 0.3) is 6.08 Å². The molecule has 0 radical (unpaired) electrons. The van der Waals surface area contributed by atoms with Crippen LogP contribution in [0.5, 0.6) is 0 Å². The standard InChI is InChI=1S/C11H10N2O2/c14-11(15)6-8-5-9-3-1-2-4-10(9)13-12-7-8/h1-5,7,13H,6H2,(H,14,15). The van der Waals surface area contributed by atoms with Crippen LogP contribution >= 0.6 is 0 Å². The van der Waals surface area contributed by atoms with Crippen molar-refractivity contribution in [3.63, 3.8) is 0 Å². The highest BCUT2D eigenvalue weighted by atomic mass is 16.4. The Labute approximate surface area is 86.9 Å². The van der Waals surface area contributed by atoms with Gasteiger partial charge in [0.25, 0.3) is 0 Å². The summed E-state index contributed by atoms with van der Waals surface area (Å²) < 4.78 is 0. The van der Waals surface area contributed by atoms with Crippen molar-refractivity contribution in [2.45, 2.75) is 6.42 Å². The number of hydrogen-bond donors (Lipinski definition) is 2. The smallest absolute Gasteiger partial charge is 0.307 e. The molecule has 0 aromatic heterocycles. The van der Waals surface area contributed by atoms with Crippen molar-refractivity contribution in [3.8, 4) is 0 Å². The average Bonchev–Trinajstić information content (AvgIpc) is 2.38. The summed E-state index contributed by atoms with van der Waals surface area (Å²) in [5.74, 6) is -0.855. The second-order valence-corrected chi connectivity index (χ2v) is 3.25. The van der Waals surface area contributed by atoms with E-state index < -0.39 is 5.97 Å². The number of benzene rings is 1. The van der Waals surface area contributed by atoms with Gasteiger partial charge < -0.3 is 5.11 Å². The SMILES string of the molecule is O=C(O)CC1=Cc2ccccc2NN=C1. The first-order valence-corrected chi connectivity index (χ1v) is 4.56. The van der Waals surface area contributed by atoms with Crippen LogP contribution in [0.2, 0.25) is 0 Å². The molecule has 15 heavy (non-hydrogen) atoms. The normalized spacial score (nSPS) is 13.5. The lowest BCUT2D eigenvalue weighted by molar-refractivity contribution is -0.136. The molecule has 0 amide bonds. The fraction of sp³-hybridized carbons (Fsp3) is 0.0909. The summed E-state index contributed by atoms with van der Waals surface area (Å²) >= 11 is 0. The molecule has 0 bridgehead atoms. The van der Waals surface area contributed by atoms with E-state index in [1.807, 2.05) is 30.3 Å². The number of carboxylic acids is 1. The third kappa shape index (κ3) is 2.22. The van der Waals surface area contributed by atoms with E-state index in [4.69, 9.17) is 5.11 Å². The molecule has 1 aliphatic heterocycles. The molecule has 2 N–H and O–H groups in total. The predicted molar refractivity (Wildman–Crippen MR) is 58.8 cm³/mol. The van der Waals surface area contributed by atoms with E-state index in [0.717, 1.165) is 11.3 Å². The molecule has 0 fully saturated rings.